The standard InChI is InChI=1S/C16H17Br2NOS/c1-10-11(6-14(21-10)8-19-13-3-4-13)9-20-16-5-2-12(17)7-15(16)18/h2,5-7,13,19H,3-4,8-9H2,1H3. The Bertz CT molecular complexity index is 637. The van der Waals surface area contributed by atoms with Crippen molar-refractivity contribution in [3.63, 3.8) is 0 Å². The molecule has 1 heterocycles. The maximum atomic E-state index is 5.93. The van der Waals surface area contributed by atoms with Crippen LogP contribution in [-0.4, -0.2) is 6.04 Å². The van der Waals surface area contributed by atoms with Gasteiger partial charge in [0.25, 0.3) is 0 Å². The molecule has 1 aliphatic carbocycles. The van der Waals surface area contributed by atoms with E-state index in [4.69, 9.17) is 4.74 Å². The Balaban J connectivity index is 1.61. The predicted molar refractivity (Wildman–Crippen MR) is 95.1 cm³/mol. The van der Waals surface area contributed by atoms with Crippen molar-refractivity contribution in [2.24, 2.45) is 0 Å². The minimum atomic E-state index is 0.617. The summed E-state index contributed by atoms with van der Waals surface area (Å²) in [6, 6.07) is 8.99. The fraction of sp³-hybridized carbons (Fsp3) is 0.375. The molecule has 0 atom stereocenters. The Kier molecular flexibility index (Phi) is 5.04. The molecule has 2 nitrogen and oxygen atoms in total. The molecular formula is C16H17Br2NOS. The van der Waals surface area contributed by atoms with Crippen molar-refractivity contribution in [3.8, 4) is 5.75 Å². The summed E-state index contributed by atoms with van der Waals surface area (Å²) in [5, 5.41) is 3.56. The molecule has 0 amide bonds. The lowest BCUT2D eigenvalue weighted by atomic mass is 10.2. The lowest BCUT2D eigenvalue weighted by Crippen LogP contribution is -2.14. The molecule has 0 unspecified atom stereocenters. The average molecular weight is 431 g/mol. The van der Waals surface area contributed by atoms with Crippen molar-refractivity contribution in [1.29, 1.82) is 0 Å². The Morgan fingerprint density at radius 2 is 2.10 bits per heavy atom. The van der Waals surface area contributed by atoms with Gasteiger partial charge in [0.05, 0.1) is 4.47 Å². The highest BCUT2D eigenvalue weighted by Crippen LogP contribution is 2.30. The van der Waals surface area contributed by atoms with E-state index in [2.05, 4.69) is 50.2 Å². The highest BCUT2D eigenvalue weighted by Gasteiger charge is 2.20. The second-order valence-electron chi connectivity index (χ2n) is 5.31. The maximum Gasteiger partial charge on any atom is 0.134 e. The molecule has 1 saturated carbocycles. The number of halogens is 2. The van der Waals surface area contributed by atoms with Crippen LogP contribution in [0.2, 0.25) is 0 Å². The first-order valence-electron chi connectivity index (χ1n) is 7.01. The van der Waals surface area contributed by atoms with Crippen LogP contribution >= 0.6 is 43.2 Å². The summed E-state index contributed by atoms with van der Waals surface area (Å²) in [5.41, 5.74) is 1.28. The Morgan fingerprint density at radius 3 is 2.81 bits per heavy atom. The summed E-state index contributed by atoms with van der Waals surface area (Å²) in [7, 11) is 0. The molecule has 0 saturated heterocycles. The third kappa shape index (κ3) is 4.31. The van der Waals surface area contributed by atoms with E-state index in [1.165, 1.54) is 28.2 Å². The smallest absolute Gasteiger partial charge is 0.134 e. The molecule has 2 aromatic rings. The van der Waals surface area contributed by atoms with Gasteiger partial charge in [0.2, 0.25) is 0 Å². The first kappa shape index (κ1) is 15.5. The van der Waals surface area contributed by atoms with Crippen LogP contribution in [0.15, 0.2) is 33.2 Å². The molecule has 1 N–H and O–H groups in total. The molecule has 0 spiro atoms. The lowest BCUT2D eigenvalue weighted by molar-refractivity contribution is 0.304. The Labute approximate surface area is 146 Å². The summed E-state index contributed by atoms with van der Waals surface area (Å²) in [6.07, 6.45) is 2.66. The van der Waals surface area contributed by atoms with E-state index in [1.54, 1.807) is 0 Å². The topological polar surface area (TPSA) is 21.3 Å². The average Bonchev–Trinajstić information content (AvgIpc) is 3.20. The summed E-state index contributed by atoms with van der Waals surface area (Å²) in [6.45, 7) is 3.77. The largest absolute Gasteiger partial charge is 0.488 e. The van der Waals surface area contributed by atoms with Gasteiger partial charge in [-0.05, 0) is 60.0 Å². The Morgan fingerprint density at radius 1 is 1.29 bits per heavy atom. The van der Waals surface area contributed by atoms with E-state index >= 15 is 0 Å². The highest BCUT2D eigenvalue weighted by molar-refractivity contribution is 9.11. The van der Waals surface area contributed by atoms with Crippen molar-refractivity contribution in [2.75, 3.05) is 0 Å². The van der Waals surface area contributed by atoms with Crippen molar-refractivity contribution in [3.05, 3.63) is 48.5 Å². The van der Waals surface area contributed by atoms with Crippen LogP contribution in [0.3, 0.4) is 0 Å². The number of benzene rings is 1. The van der Waals surface area contributed by atoms with Gasteiger partial charge in [-0.1, -0.05) is 15.9 Å². The van der Waals surface area contributed by atoms with Crippen LogP contribution in [-0.2, 0) is 13.2 Å². The lowest BCUT2D eigenvalue weighted by Gasteiger charge is -2.08. The molecule has 1 aromatic carbocycles. The van der Waals surface area contributed by atoms with Crippen molar-refractivity contribution in [2.45, 2.75) is 39.0 Å². The second-order valence-corrected chi connectivity index (χ2v) is 8.42. The SMILES string of the molecule is Cc1sc(CNC2CC2)cc1COc1ccc(Br)cc1Br. The van der Waals surface area contributed by atoms with Gasteiger partial charge in [-0.25, -0.2) is 0 Å². The molecule has 0 radical (unpaired) electrons. The summed E-state index contributed by atoms with van der Waals surface area (Å²) >= 11 is 8.84. The van der Waals surface area contributed by atoms with Gasteiger partial charge < -0.3 is 10.1 Å². The zero-order chi connectivity index (χ0) is 14.8. The molecule has 21 heavy (non-hydrogen) atoms. The summed E-state index contributed by atoms with van der Waals surface area (Å²) < 4.78 is 7.94. The molecule has 0 bridgehead atoms. The molecular weight excluding hydrogens is 414 g/mol. The number of nitrogens with one attached hydrogen (secondary N) is 1. The van der Waals surface area contributed by atoms with Crippen LogP contribution < -0.4 is 10.1 Å². The van der Waals surface area contributed by atoms with E-state index in [-0.39, 0.29) is 0 Å². The van der Waals surface area contributed by atoms with Crippen LogP contribution in [0.4, 0.5) is 0 Å². The van der Waals surface area contributed by atoms with Crippen LogP contribution in [0.25, 0.3) is 0 Å². The first-order valence-corrected chi connectivity index (χ1v) is 9.41. The Hall–Kier alpha value is -0.360. The van der Waals surface area contributed by atoms with Crippen molar-refractivity contribution in [1.82, 2.24) is 5.32 Å². The molecule has 3 rings (SSSR count). The van der Waals surface area contributed by atoms with E-state index < -0.39 is 0 Å². The quantitative estimate of drug-likeness (QED) is 0.661. The van der Waals surface area contributed by atoms with Gasteiger partial charge in [-0.15, -0.1) is 11.3 Å². The van der Waals surface area contributed by atoms with E-state index in [1.807, 2.05) is 29.5 Å². The zero-order valence-electron chi connectivity index (χ0n) is 11.8. The predicted octanol–water partition coefficient (Wildman–Crippen LogP) is 5.41. The number of hydrogen-bond acceptors (Lipinski definition) is 3. The minimum absolute atomic E-state index is 0.617. The van der Waals surface area contributed by atoms with Crippen LogP contribution in [0.1, 0.15) is 28.2 Å². The first-order chi connectivity index (χ1) is 10.1. The molecule has 1 fully saturated rings. The number of aryl methyl sites for hydroxylation is 1. The highest BCUT2D eigenvalue weighted by atomic mass is 79.9. The third-order valence-corrected chi connectivity index (χ3v) is 5.70. The summed E-state index contributed by atoms with van der Waals surface area (Å²) in [4.78, 5) is 2.74. The van der Waals surface area contributed by atoms with Crippen molar-refractivity contribution >= 4 is 43.2 Å². The number of hydrogen-bond donors (Lipinski definition) is 1. The van der Waals surface area contributed by atoms with Gasteiger partial charge in [0.15, 0.2) is 0 Å². The second kappa shape index (κ2) is 6.82. The minimum Gasteiger partial charge on any atom is -0.488 e. The zero-order valence-corrected chi connectivity index (χ0v) is 15.8. The van der Waals surface area contributed by atoms with E-state index in [9.17, 15) is 0 Å². The normalized spacial score (nSPS) is 14.4. The third-order valence-electron chi connectivity index (χ3n) is 3.49. The van der Waals surface area contributed by atoms with Gasteiger partial charge in [0.1, 0.15) is 12.4 Å². The fourth-order valence-corrected chi connectivity index (χ4v) is 4.26. The number of rotatable bonds is 6. The fourth-order valence-electron chi connectivity index (χ4n) is 2.10. The van der Waals surface area contributed by atoms with E-state index in [0.29, 0.717) is 6.61 Å². The number of thiophene rings is 1. The molecule has 1 aromatic heterocycles. The molecule has 0 aliphatic heterocycles. The monoisotopic (exact) mass is 429 g/mol. The molecule has 112 valence electrons. The molecule has 5 heteroatoms. The van der Waals surface area contributed by atoms with Gasteiger partial charge in [-0.3, -0.25) is 0 Å². The molecule has 1 aliphatic rings. The van der Waals surface area contributed by atoms with Gasteiger partial charge in [-0.2, -0.15) is 0 Å². The van der Waals surface area contributed by atoms with E-state index in [0.717, 1.165) is 27.3 Å². The van der Waals surface area contributed by atoms with Crippen LogP contribution in [0.5, 0.6) is 5.75 Å². The number of ether oxygens (including phenoxy) is 1. The van der Waals surface area contributed by atoms with Crippen molar-refractivity contribution < 1.29 is 4.74 Å². The maximum absolute atomic E-state index is 5.93. The van der Waals surface area contributed by atoms with Gasteiger partial charge in [0, 0.05) is 32.4 Å². The summed E-state index contributed by atoms with van der Waals surface area (Å²) in [5.74, 6) is 0.876. The van der Waals surface area contributed by atoms with Crippen LogP contribution in [0, 0.1) is 6.92 Å². The van der Waals surface area contributed by atoms with Gasteiger partial charge >= 0.3 is 0 Å².